The van der Waals surface area contributed by atoms with Gasteiger partial charge in [0.15, 0.2) is 0 Å². The van der Waals surface area contributed by atoms with Crippen LogP contribution in [0.3, 0.4) is 0 Å². The highest BCUT2D eigenvalue weighted by Gasteiger charge is 2.37. The topological polar surface area (TPSA) is 94.9 Å². The molecule has 0 bridgehead atoms. The molecule has 1 aromatic carbocycles. The van der Waals surface area contributed by atoms with Crippen molar-refractivity contribution in [3.8, 4) is 0 Å². The van der Waals surface area contributed by atoms with Gasteiger partial charge >= 0.3 is 5.97 Å². The van der Waals surface area contributed by atoms with E-state index in [2.05, 4.69) is 0 Å². The maximum atomic E-state index is 12.6. The van der Waals surface area contributed by atoms with Crippen molar-refractivity contribution >= 4 is 39.2 Å². The molecule has 1 aliphatic heterocycles. The third kappa shape index (κ3) is 2.89. The fourth-order valence-electron chi connectivity index (χ4n) is 2.36. The number of nitrogens with zero attached hydrogens (tertiary/aromatic N) is 1. The molecule has 0 aromatic heterocycles. The molecule has 21 heavy (non-hydrogen) atoms. The molecule has 6 nitrogen and oxygen atoms in total. The minimum Gasteiger partial charge on any atom is -0.478 e. The van der Waals surface area contributed by atoms with Gasteiger partial charge in [-0.15, -0.1) is 0 Å². The number of aliphatic hydroxyl groups excluding tert-OH is 1. The summed E-state index contributed by atoms with van der Waals surface area (Å²) in [6.07, 6.45) is 1.17. The molecular weight excluding hydrogens is 341 g/mol. The van der Waals surface area contributed by atoms with Gasteiger partial charge in [0.1, 0.15) is 4.90 Å². The molecule has 0 spiro atoms. The molecule has 116 valence electrons. The fraction of sp³-hybridized carbons (Fsp3) is 0.417. The Hall–Kier alpha value is -0.860. The van der Waals surface area contributed by atoms with E-state index >= 15 is 0 Å². The highest BCUT2D eigenvalue weighted by molar-refractivity contribution is 7.89. The average molecular weight is 354 g/mol. The minimum absolute atomic E-state index is 0.133. The fourth-order valence-corrected chi connectivity index (χ4v) is 4.94. The number of halogens is 2. The molecule has 0 unspecified atom stereocenters. The van der Waals surface area contributed by atoms with Crippen LogP contribution < -0.4 is 0 Å². The van der Waals surface area contributed by atoms with E-state index in [1.807, 2.05) is 0 Å². The van der Waals surface area contributed by atoms with Crippen LogP contribution in [0.2, 0.25) is 10.0 Å². The highest BCUT2D eigenvalue weighted by Crippen LogP contribution is 2.35. The predicted molar refractivity (Wildman–Crippen MR) is 77.4 cm³/mol. The van der Waals surface area contributed by atoms with Crippen molar-refractivity contribution in [3.05, 3.63) is 27.7 Å². The summed E-state index contributed by atoms with van der Waals surface area (Å²) >= 11 is 11.7. The zero-order valence-electron chi connectivity index (χ0n) is 10.8. The second-order valence-corrected chi connectivity index (χ2v) is 7.28. The Morgan fingerprint density at radius 3 is 2.62 bits per heavy atom. The molecule has 2 N–H and O–H groups in total. The summed E-state index contributed by atoms with van der Waals surface area (Å²) in [6.45, 7) is -0.0366. The first-order valence-electron chi connectivity index (χ1n) is 6.14. The number of carboxylic acids is 1. The maximum Gasteiger partial charge on any atom is 0.338 e. The van der Waals surface area contributed by atoms with Gasteiger partial charge in [0, 0.05) is 12.6 Å². The van der Waals surface area contributed by atoms with Crippen molar-refractivity contribution in [2.75, 3.05) is 13.2 Å². The third-order valence-electron chi connectivity index (χ3n) is 3.39. The van der Waals surface area contributed by atoms with Gasteiger partial charge in [-0.2, -0.15) is 4.31 Å². The molecule has 1 fully saturated rings. The Bertz CT molecular complexity index is 676. The van der Waals surface area contributed by atoms with Gasteiger partial charge in [-0.1, -0.05) is 23.2 Å². The van der Waals surface area contributed by atoms with Gasteiger partial charge < -0.3 is 10.2 Å². The number of hydrogen-bond acceptors (Lipinski definition) is 4. The summed E-state index contributed by atoms with van der Waals surface area (Å²) < 4.78 is 26.4. The predicted octanol–water partition coefficient (Wildman–Crippen LogP) is 1.84. The molecule has 1 aliphatic rings. The largest absolute Gasteiger partial charge is 0.478 e. The number of sulfonamides is 1. The quantitative estimate of drug-likeness (QED) is 0.860. The lowest BCUT2D eigenvalue weighted by Crippen LogP contribution is -2.37. The first-order valence-corrected chi connectivity index (χ1v) is 8.34. The van der Waals surface area contributed by atoms with E-state index in [0.29, 0.717) is 12.8 Å². The van der Waals surface area contributed by atoms with Crippen LogP contribution in [0.15, 0.2) is 17.0 Å². The van der Waals surface area contributed by atoms with Crippen molar-refractivity contribution in [2.24, 2.45) is 0 Å². The Labute approximate surface area is 131 Å². The first kappa shape index (κ1) is 16.5. The number of aromatic carboxylic acids is 1. The normalized spacial score (nSPS) is 19.9. The lowest BCUT2D eigenvalue weighted by atomic mass is 10.2. The van der Waals surface area contributed by atoms with Crippen LogP contribution >= 0.6 is 23.2 Å². The van der Waals surface area contributed by atoms with E-state index in [-0.39, 0.29) is 23.1 Å². The van der Waals surface area contributed by atoms with Crippen LogP contribution in [0.1, 0.15) is 23.2 Å². The van der Waals surface area contributed by atoms with Crippen LogP contribution in [-0.2, 0) is 10.0 Å². The molecule has 0 radical (unpaired) electrons. The smallest absolute Gasteiger partial charge is 0.338 e. The van der Waals surface area contributed by atoms with Crippen LogP contribution in [-0.4, -0.2) is 48.1 Å². The summed E-state index contributed by atoms with van der Waals surface area (Å²) in [7, 11) is -3.98. The Morgan fingerprint density at radius 1 is 1.38 bits per heavy atom. The number of carbonyl (C=O) groups is 1. The van der Waals surface area contributed by atoms with Crippen LogP contribution in [0.25, 0.3) is 0 Å². The summed E-state index contributed by atoms with van der Waals surface area (Å²) in [5.41, 5.74) is -0.445. The van der Waals surface area contributed by atoms with Gasteiger partial charge in [-0.25, -0.2) is 13.2 Å². The zero-order chi connectivity index (χ0) is 15.8. The van der Waals surface area contributed by atoms with Crippen LogP contribution in [0, 0.1) is 0 Å². The zero-order valence-corrected chi connectivity index (χ0v) is 13.1. The maximum absolute atomic E-state index is 12.6. The number of rotatable bonds is 4. The summed E-state index contributed by atoms with van der Waals surface area (Å²) in [6, 6.07) is 1.85. The molecule has 1 aromatic rings. The van der Waals surface area contributed by atoms with Gasteiger partial charge in [0.05, 0.1) is 22.2 Å². The molecule has 0 saturated carbocycles. The van der Waals surface area contributed by atoms with Crippen molar-refractivity contribution in [2.45, 2.75) is 23.8 Å². The first-order chi connectivity index (χ1) is 9.80. The third-order valence-corrected chi connectivity index (χ3v) is 6.20. The molecule has 0 amide bonds. The minimum atomic E-state index is -3.98. The second kappa shape index (κ2) is 6.10. The standard InChI is InChI=1S/C12H13Cl2NO5S/c13-8-3-4-9(11(14)10(8)12(17)18)21(19,20)15-5-1-2-7(15)6-16/h3-4,7,16H,1-2,5-6H2,(H,17,18)/t7-/m1/s1. The molecule has 2 rings (SSSR count). The summed E-state index contributed by atoms with van der Waals surface area (Å²) in [5.74, 6) is -1.40. The molecule has 0 aliphatic carbocycles. The van der Waals surface area contributed by atoms with Gasteiger partial charge in [0.25, 0.3) is 0 Å². The van der Waals surface area contributed by atoms with Crippen molar-refractivity contribution in [3.63, 3.8) is 0 Å². The van der Waals surface area contributed by atoms with Crippen LogP contribution in [0.4, 0.5) is 0 Å². The average Bonchev–Trinajstić information content (AvgIpc) is 2.86. The molecule has 1 saturated heterocycles. The van der Waals surface area contributed by atoms with E-state index in [1.165, 1.54) is 12.1 Å². The summed E-state index contributed by atoms with van der Waals surface area (Å²) in [5, 5.41) is 17.8. The lowest BCUT2D eigenvalue weighted by molar-refractivity contribution is 0.0697. The Balaban J connectivity index is 2.56. The van der Waals surface area contributed by atoms with Gasteiger partial charge in [-0.05, 0) is 25.0 Å². The Kier molecular flexibility index (Phi) is 4.79. The van der Waals surface area contributed by atoms with Crippen molar-refractivity contribution in [1.29, 1.82) is 0 Å². The Morgan fingerprint density at radius 2 is 2.05 bits per heavy atom. The van der Waals surface area contributed by atoms with E-state index in [0.717, 1.165) is 4.31 Å². The van der Waals surface area contributed by atoms with E-state index in [9.17, 15) is 18.3 Å². The van der Waals surface area contributed by atoms with E-state index < -0.39 is 32.6 Å². The molecular formula is C12H13Cl2NO5S. The van der Waals surface area contributed by atoms with Crippen molar-refractivity contribution < 1.29 is 23.4 Å². The number of aliphatic hydroxyl groups is 1. The lowest BCUT2D eigenvalue weighted by Gasteiger charge is -2.23. The highest BCUT2D eigenvalue weighted by atomic mass is 35.5. The number of hydrogen-bond donors (Lipinski definition) is 2. The second-order valence-electron chi connectivity index (χ2n) is 4.63. The monoisotopic (exact) mass is 353 g/mol. The SMILES string of the molecule is O=C(O)c1c(Cl)ccc(S(=O)(=O)N2CCC[C@@H]2CO)c1Cl. The van der Waals surface area contributed by atoms with Crippen LogP contribution in [0.5, 0.6) is 0 Å². The number of benzene rings is 1. The molecule has 1 atom stereocenters. The number of carboxylic acid groups (broad SMARTS) is 1. The molecule has 1 heterocycles. The van der Waals surface area contributed by atoms with Gasteiger partial charge in [-0.3, -0.25) is 0 Å². The van der Waals surface area contributed by atoms with E-state index in [4.69, 9.17) is 28.3 Å². The van der Waals surface area contributed by atoms with Gasteiger partial charge in [0.2, 0.25) is 10.0 Å². The summed E-state index contributed by atoms with van der Waals surface area (Å²) in [4.78, 5) is 10.8. The van der Waals surface area contributed by atoms with Crippen molar-refractivity contribution in [1.82, 2.24) is 4.31 Å². The molecule has 9 heteroatoms. The van der Waals surface area contributed by atoms with E-state index in [1.54, 1.807) is 0 Å².